The van der Waals surface area contributed by atoms with Crippen molar-refractivity contribution < 1.29 is 38.5 Å². The summed E-state index contributed by atoms with van der Waals surface area (Å²) in [4.78, 5) is 50.6. The van der Waals surface area contributed by atoms with E-state index in [0.717, 1.165) is 64.1 Å². The number of carbonyl (C=O) groups is 4. The first-order valence-corrected chi connectivity index (χ1v) is 16.2. The molecule has 51 heavy (non-hydrogen) atoms. The van der Waals surface area contributed by atoms with Gasteiger partial charge in [-0.3, -0.25) is 9.59 Å². The van der Waals surface area contributed by atoms with E-state index >= 15 is 0 Å². The molecule has 0 saturated carbocycles. The zero-order valence-corrected chi connectivity index (χ0v) is 28.4. The largest absolute Gasteiger partial charge is 0.496 e. The Morgan fingerprint density at radius 2 is 1.00 bits per heavy atom. The molecule has 2 amide bonds. The number of amides is 2. The lowest BCUT2D eigenvalue weighted by Crippen LogP contribution is -2.27. The van der Waals surface area contributed by atoms with Gasteiger partial charge in [-0.1, -0.05) is 53.0 Å². The zero-order chi connectivity index (χ0) is 35.2. The first-order valence-electron chi connectivity index (χ1n) is 16.2. The van der Waals surface area contributed by atoms with E-state index in [9.17, 15) is 24.3 Å². The average Bonchev–Trinajstić information content (AvgIpc) is 3.77. The van der Waals surface area contributed by atoms with Crippen LogP contribution >= 0.6 is 0 Å². The van der Waals surface area contributed by atoms with Crippen LogP contribution in [0.5, 0.6) is 11.5 Å². The van der Waals surface area contributed by atoms with Crippen molar-refractivity contribution in [2.45, 2.75) is 54.4 Å². The van der Waals surface area contributed by atoms with Gasteiger partial charge >= 0.3 is 11.9 Å². The summed E-state index contributed by atoms with van der Waals surface area (Å²) in [5, 5.41) is 9.17. The standard InChI is InChI=1S/C20H21NO4.C19H19NO4.2CH4/c1-4-19(22)21-10-9-15-11-13(6-8-17(15)21)14-5-7-16(20(23)25-3)18(12-14)24-2;1-3-18(21)20-9-8-14-10-12(5-7-16(14)20)13-4-6-15(19(22)23)17(11-13)24-2;;/h5-8,11-12H,4,9-10H2,1-3H3;4-7,10-11H,3,8-9H2,1-2H3,(H,22,23);2*1H4. The highest BCUT2D eigenvalue weighted by Gasteiger charge is 2.25. The van der Waals surface area contributed by atoms with Gasteiger partial charge in [-0.05, 0) is 94.8 Å². The lowest BCUT2D eigenvalue weighted by Gasteiger charge is -2.16. The Balaban J connectivity index is 0.000000265. The number of fused-ring (bicyclic) bond motifs is 2. The number of hydrogen-bond donors (Lipinski definition) is 1. The molecular weight excluding hydrogens is 648 g/mol. The van der Waals surface area contributed by atoms with E-state index in [1.165, 1.54) is 21.3 Å². The molecule has 0 fully saturated rings. The first kappa shape index (κ1) is 39.8. The predicted octanol–water partition coefficient (Wildman–Crippen LogP) is 8.08. The Morgan fingerprint density at radius 3 is 1.39 bits per heavy atom. The third-order valence-corrected chi connectivity index (χ3v) is 8.86. The van der Waals surface area contributed by atoms with Crippen molar-refractivity contribution in [2.24, 2.45) is 0 Å². The summed E-state index contributed by atoms with van der Waals surface area (Å²) in [7, 11) is 4.34. The molecule has 0 unspecified atom stereocenters. The molecule has 0 saturated heterocycles. The van der Waals surface area contributed by atoms with E-state index in [1.807, 2.05) is 60.0 Å². The van der Waals surface area contributed by atoms with Gasteiger partial charge in [-0.2, -0.15) is 0 Å². The third kappa shape index (κ3) is 8.23. The van der Waals surface area contributed by atoms with E-state index < -0.39 is 11.9 Å². The molecule has 4 aromatic rings. The SMILES string of the molecule is C.C.CCC(=O)N1CCc2cc(-c3ccc(C(=O)O)c(OC)c3)ccc21.CCC(=O)N1CCc2cc(-c3ccc(C(=O)OC)c(OC)c3)ccc21. The topological polar surface area (TPSA) is 123 Å². The third-order valence-electron chi connectivity index (χ3n) is 8.86. The average molecular weight is 697 g/mol. The van der Waals surface area contributed by atoms with E-state index in [1.54, 1.807) is 24.3 Å². The number of rotatable bonds is 8. The number of carboxylic acids is 1. The summed E-state index contributed by atoms with van der Waals surface area (Å²) < 4.78 is 15.3. The second-order valence-electron chi connectivity index (χ2n) is 11.6. The predicted molar refractivity (Wildman–Crippen MR) is 201 cm³/mol. The minimum atomic E-state index is -1.01. The maximum Gasteiger partial charge on any atom is 0.341 e. The Morgan fingerprint density at radius 1 is 0.608 bits per heavy atom. The minimum absolute atomic E-state index is 0. The number of carboxylic acid groups (broad SMARTS) is 1. The van der Waals surface area contributed by atoms with Crippen LogP contribution in [0.4, 0.5) is 11.4 Å². The second-order valence-corrected chi connectivity index (χ2v) is 11.6. The number of nitrogens with zero attached hydrogens (tertiary/aromatic N) is 2. The van der Waals surface area contributed by atoms with Gasteiger partial charge in [0.1, 0.15) is 22.6 Å². The van der Waals surface area contributed by atoms with Crippen molar-refractivity contribution >= 4 is 35.1 Å². The number of hydrogen-bond acceptors (Lipinski definition) is 7. The maximum atomic E-state index is 12.0. The van der Waals surface area contributed by atoms with E-state index in [-0.39, 0.29) is 32.2 Å². The molecule has 0 spiro atoms. The molecule has 10 nitrogen and oxygen atoms in total. The number of ether oxygens (including phenoxy) is 3. The maximum absolute atomic E-state index is 12.0. The minimum Gasteiger partial charge on any atom is -0.496 e. The van der Waals surface area contributed by atoms with E-state index in [0.29, 0.717) is 36.4 Å². The molecule has 2 aliphatic heterocycles. The summed E-state index contributed by atoms with van der Waals surface area (Å²) in [6.07, 6.45) is 2.69. The van der Waals surface area contributed by atoms with Crippen LogP contribution in [-0.2, 0) is 27.2 Å². The number of esters is 1. The van der Waals surface area contributed by atoms with E-state index in [4.69, 9.17) is 14.2 Å². The zero-order valence-electron chi connectivity index (χ0n) is 28.4. The highest BCUT2D eigenvalue weighted by Crippen LogP contribution is 2.36. The van der Waals surface area contributed by atoms with Crippen LogP contribution in [0, 0.1) is 0 Å². The number of anilines is 2. The monoisotopic (exact) mass is 696 g/mol. The summed E-state index contributed by atoms with van der Waals surface area (Å²) in [5.41, 5.74) is 8.65. The van der Waals surface area contributed by atoms with E-state index in [2.05, 4.69) is 12.1 Å². The van der Waals surface area contributed by atoms with Crippen molar-refractivity contribution in [3.63, 3.8) is 0 Å². The summed E-state index contributed by atoms with van der Waals surface area (Å²) in [5.74, 6) is -0.340. The van der Waals surface area contributed by atoms with Crippen molar-refractivity contribution in [1.29, 1.82) is 0 Å². The van der Waals surface area contributed by atoms with Gasteiger partial charge in [0, 0.05) is 37.3 Å². The van der Waals surface area contributed by atoms with Gasteiger partial charge in [-0.15, -0.1) is 0 Å². The van der Waals surface area contributed by atoms with Crippen molar-refractivity contribution in [2.75, 3.05) is 44.2 Å². The molecule has 0 aliphatic carbocycles. The van der Waals surface area contributed by atoms with Crippen LogP contribution in [0.1, 0.15) is 73.4 Å². The van der Waals surface area contributed by atoms with Gasteiger partial charge in [0.05, 0.1) is 21.3 Å². The Kier molecular flexibility index (Phi) is 13.5. The van der Waals surface area contributed by atoms with Crippen LogP contribution in [0.2, 0.25) is 0 Å². The van der Waals surface area contributed by atoms with Crippen LogP contribution in [-0.4, -0.2) is 63.3 Å². The number of methoxy groups -OCH3 is 3. The number of aromatic carboxylic acids is 1. The molecule has 10 heteroatoms. The van der Waals surface area contributed by atoms with Gasteiger partial charge in [-0.25, -0.2) is 9.59 Å². The molecule has 270 valence electrons. The molecule has 4 aromatic carbocycles. The lowest BCUT2D eigenvalue weighted by molar-refractivity contribution is -0.119. The quantitative estimate of drug-likeness (QED) is 0.184. The second kappa shape index (κ2) is 17.3. The van der Waals surface area contributed by atoms with Gasteiger partial charge < -0.3 is 29.1 Å². The fraction of sp³-hybridized carbons (Fsp3) is 0.317. The highest BCUT2D eigenvalue weighted by atomic mass is 16.5. The Bertz CT molecular complexity index is 1920. The molecule has 1 N–H and O–H groups in total. The van der Waals surface area contributed by atoms with Gasteiger partial charge in [0.2, 0.25) is 11.8 Å². The highest BCUT2D eigenvalue weighted by molar-refractivity contribution is 5.97. The Hall–Kier alpha value is -5.64. The normalized spacial score (nSPS) is 12.3. The smallest absolute Gasteiger partial charge is 0.341 e. The Labute approximate surface area is 300 Å². The van der Waals surface area contributed by atoms with Crippen LogP contribution in [0.25, 0.3) is 22.3 Å². The molecular formula is C41H48N2O8. The molecule has 6 rings (SSSR count). The van der Waals surface area contributed by atoms with Crippen molar-refractivity contribution in [3.8, 4) is 33.8 Å². The van der Waals surface area contributed by atoms with Gasteiger partial charge in [0.15, 0.2) is 0 Å². The van der Waals surface area contributed by atoms with Crippen LogP contribution < -0.4 is 19.3 Å². The summed E-state index contributed by atoms with van der Waals surface area (Å²) >= 11 is 0. The van der Waals surface area contributed by atoms with Gasteiger partial charge in [0.25, 0.3) is 0 Å². The lowest BCUT2D eigenvalue weighted by atomic mass is 10.00. The molecule has 2 heterocycles. The molecule has 0 bridgehead atoms. The van der Waals surface area contributed by atoms with Crippen LogP contribution in [0.3, 0.4) is 0 Å². The fourth-order valence-electron chi connectivity index (χ4n) is 6.26. The summed E-state index contributed by atoms with van der Waals surface area (Å²) in [6.45, 7) is 5.19. The molecule has 0 radical (unpaired) electrons. The molecule has 0 atom stereocenters. The summed E-state index contributed by atoms with van der Waals surface area (Å²) in [6, 6.07) is 22.5. The molecule has 2 aliphatic rings. The fourth-order valence-corrected chi connectivity index (χ4v) is 6.26. The molecule has 0 aromatic heterocycles. The number of carbonyl (C=O) groups excluding carboxylic acids is 3. The van der Waals surface area contributed by atoms with Crippen molar-refractivity contribution in [3.05, 3.63) is 95.1 Å². The van der Waals surface area contributed by atoms with Crippen LogP contribution in [0.15, 0.2) is 72.8 Å². The van der Waals surface area contributed by atoms with Crippen molar-refractivity contribution in [1.82, 2.24) is 0 Å². The first-order chi connectivity index (χ1) is 23.6. The number of benzene rings is 4.